The summed E-state index contributed by atoms with van der Waals surface area (Å²) in [6, 6.07) is 13.4. The van der Waals surface area contributed by atoms with E-state index >= 15 is 0 Å². The Hall–Kier alpha value is -3.93. The van der Waals surface area contributed by atoms with Crippen molar-refractivity contribution in [1.82, 2.24) is 26.6 Å². The first kappa shape index (κ1) is 76.3. The Morgan fingerprint density at radius 2 is 1.00 bits per heavy atom. The Labute approximate surface area is 523 Å². The number of amides is 5. The fourth-order valence-corrected chi connectivity index (χ4v) is 9.97. The molecule has 0 aliphatic carbocycles. The largest absolute Gasteiger partial charge is 0.493 e. The Kier molecular flexibility index (Phi) is 49.0. The lowest BCUT2D eigenvalue weighted by molar-refractivity contribution is -0.123. The minimum absolute atomic E-state index is 0.0454. The van der Waals surface area contributed by atoms with E-state index in [1.165, 1.54) is 5.56 Å². The maximum Gasteiger partial charge on any atom is 0.314 e. The molecule has 0 unspecified atom stereocenters. The van der Waals surface area contributed by atoms with Crippen molar-refractivity contribution in [3.8, 4) is 11.5 Å². The molecule has 1 heterocycles. The Morgan fingerprint density at radius 3 is 1.51 bits per heavy atom. The summed E-state index contributed by atoms with van der Waals surface area (Å²) in [5.41, 5.74) is 2.69. The molecule has 0 saturated carbocycles. The maximum atomic E-state index is 12.6. The lowest BCUT2D eigenvalue weighted by Crippen LogP contribution is -2.40. The zero-order valence-electron chi connectivity index (χ0n) is 51.3. The number of benzene rings is 2. The van der Waals surface area contributed by atoms with Crippen LogP contribution in [0.1, 0.15) is 85.7 Å². The topological polar surface area (TPSA) is 258 Å². The number of rotatable bonds is 59. The van der Waals surface area contributed by atoms with E-state index < -0.39 is 0 Å². The van der Waals surface area contributed by atoms with Crippen LogP contribution in [0.5, 0.6) is 11.5 Å². The number of hydrogen-bond acceptors (Lipinski definition) is 19. The maximum absolute atomic E-state index is 12.6. The highest BCUT2D eigenvalue weighted by atomic mass is 79.9. The summed E-state index contributed by atoms with van der Waals surface area (Å²) in [6.45, 7) is 12.6. The Morgan fingerprint density at radius 1 is 0.500 bits per heavy atom. The van der Waals surface area contributed by atoms with Crippen molar-refractivity contribution >= 4 is 51.4 Å². The second-order valence-electron chi connectivity index (χ2n) is 19.7. The predicted molar refractivity (Wildman–Crippen MR) is 333 cm³/mol. The van der Waals surface area contributed by atoms with Crippen molar-refractivity contribution in [2.45, 2.75) is 88.5 Å². The molecule has 0 spiro atoms. The molecule has 2 aromatic carbocycles. The fraction of sp³-hybridized carbons (Fsp3) is 0.738. The number of hydrogen-bond donors (Lipinski definition) is 5. The van der Waals surface area contributed by atoms with E-state index in [1.54, 1.807) is 26.3 Å². The van der Waals surface area contributed by atoms with Gasteiger partial charge in [0.25, 0.3) is 5.91 Å². The zero-order valence-corrected chi connectivity index (χ0v) is 53.7. The lowest BCUT2D eigenvalue weighted by atomic mass is 10.1. The number of thioether (sulfide) groups is 1. The number of carbonyl (C=O) groups excluding carboxylic acids is 4. The van der Waals surface area contributed by atoms with E-state index in [-0.39, 0.29) is 42.8 Å². The number of alkyl halides is 1. The number of halogens is 1. The number of methoxy groups -OCH3 is 1. The smallest absolute Gasteiger partial charge is 0.314 e. The highest BCUT2D eigenvalue weighted by Gasteiger charge is 2.26. The Balaban J connectivity index is 0.929. The standard InChI is InChI=1S/C61H102BrN5O18S/c1-63-61(71)67-54-48-55(86-50-54)10-3-4-11-58(68)64-21-24-74-26-28-76-30-32-78-34-36-80-38-40-82-42-44-84-46-45-83-43-41-81-39-37-79-35-33-77-31-29-75-27-25-73-23-18-59(69)66-49-52-12-15-53(16-13-52)60(70)65-20-7-8-22-85-56-17-14-51(9-5-6-19-62)47-57(56)72-2/h12-17,47,54-55H,3-11,18-46,48-50H2,1-2H3,(H,64,68)(H,65,70)(H,66,69)(H2,63,67,71)/t54-,55+/m1/s1. The van der Waals surface area contributed by atoms with Crippen molar-refractivity contribution in [2.75, 3.05) is 204 Å². The molecule has 2 atom stereocenters. The van der Waals surface area contributed by atoms with Crippen LogP contribution in [0.3, 0.4) is 0 Å². The van der Waals surface area contributed by atoms with Crippen LogP contribution in [0.2, 0.25) is 0 Å². The van der Waals surface area contributed by atoms with Gasteiger partial charge in [-0.05, 0) is 86.8 Å². The van der Waals surface area contributed by atoms with Crippen molar-refractivity contribution in [3.05, 3.63) is 59.2 Å². The van der Waals surface area contributed by atoms with E-state index in [2.05, 4.69) is 48.6 Å². The zero-order chi connectivity index (χ0) is 61.4. The van der Waals surface area contributed by atoms with E-state index in [0.29, 0.717) is 195 Å². The van der Waals surface area contributed by atoms with Crippen LogP contribution >= 0.6 is 27.7 Å². The minimum atomic E-state index is -0.142. The summed E-state index contributed by atoms with van der Waals surface area (Å²) in [5, 5.41) is 15.9. The second kappa shape index (κ2) is 55.2. The quantitative estimate of drug-likeness (QED) is 0.0394. The molecule has 86 heavy (non-hydrogen) atoms. The molecule has 1 aliphatic heterocycles. The lowest BCUT2D eigenvalue weighted by Gasteiger charge is -2.12. The number of unbranched alkanes of at least 4 members (excludes halogenated alkanes) is 3. The minimum Gasteiger partial charge on any atom is -0.493 e. The third-order valence-corrected chi connectivity index (χ3v) is 14.9. The molecule has 1 fully saturated rings. The van der Waals surface area contributed by atoms with E-state index in [0.717, 1.165) is 85.9 Å². The van der Waals surface area contributed by atoms with Crippen LogP contribution in [-0.2, 0) is 79.4 Å². The molecule has 0 aromatic heterocycles. The summed E-state index contributed by atoms with van der Waals surface area (Å²) < 4.78 is 77.8. The number of aryl methyl sites for hydroxylation is 1. The van der Waals surface area contributed by atoms with Gasteiger partial charge in [0.1, 0.15) is 0 Å². The molecule has 1 saturated heterocycles. The molecule has 0 bridgehead atoms. The van der Waals surface area contributed by atoms with Crippen molar-refractivity contribution in [1.29, 1.82) is 0 Å². The van der Waals surface area contributed by atoms with Gasteiger partial charge in [-0.1, -0.05) is 40.5 Å². The number of carbonyl (C=O) groups is 4. The van der Waals surface area contributed by atoms with E-state index in [9.17, 15) is 19.2 Å². The van der Waals surface area contributed by atoms with Crippen LogP contribution in [0.4, 0.5) is 4.79 Å². The van der Waals surface area contributed by atoms with Gasteiger partial charge in [-0.15, -0.1) is 0 Å². The number of nitrogens with one attached hydrogen (secondary N) is 5. The van der Waals surface area contributed by atoms with Crippen LogP contribution in [0, 0.1) is 0 Å². The van der Waals surface area contributed by atoms with Gasteiger partial charge in [-0.2, -0.15) is 11.8 Å². The van der Waals surface area contributed by atoms with Gasteiger partial charge in [0.05, 0.1) is 172 Å². The second-order valence-corrected chi connectivity index (χ2v) is 21.8. The first-order valence-electron chi connectivity index (χ1n) is 30.6. The monoisotopic (exact) mass is 1300 g/mol. The molecule has 5 amide bonds. The molecule has 23 nitrogen and oxygen atoms in total. The third kappa shape index (κ3) is 42.9. The van der Waals surface area contributed by atoms with Crippen LogP contribution in [-0.4, -0.2) is 239 Å². The van der Waals surface area contributed by atoms with Crippen LogP contribution in [0.15, 0.2) is 42.5 Å². The van der Waals surface area contributed by atoms with Gasteiger partial charge in [-0.25, -0.2) is 4.79 Å². The summed E-state index contributed by atoms with van der Waals surface area (Å²) in [5.74, 6) is 2.19. The highest BCUT2D eigenvalue weighted by molar-refractivity contribution is 9.09. The SMILES string of the molecule is CNC(=O)N[C@H]1CS[C@@H](CCCCC(=O)NCCOCCOCCOCCOCCOCCOCCOCCOCCOCCOCCOCCOCCC(=O)NCc2ccc(C(=O)NCCCCOc3ccc(CCCCBr)cc3OC)cc2)C1. The van der Waals surface area contributed by atoms with Gasteiger partial charge in [0.2, 0.25) is 11.8 Å². The molecule has 25 heteroatoms. The van der Waals surface area contributed by atoms with Crippen LogP contribution in [0.25, 0.3) is 0 Å². The first-order valence-corrected chi connectivity index (χ1v) is 32.8. The molecule has 492 valence electrons. The predicted octanol–water partition coefficient (Wildman–Crippen LogP) is 5.69. The first-order chi connectivity index (χ1) is 42.3. The third-order valence-electron chi connectivity index (χ3n) is 12.9. The van der Waals surface area contributed by atoms with Crippen molar-refractivity contribution in [3.63, 3.8) is 0 Å². The summed E-state index contributed by atoms with van der Waals surface area (Å²) in [4.78, 5) is 48.5. The summed E-state index contributed by atoms with van der Waals surface area (Å²) >= 11 is 5.38. The van der Waals surface area contributed by atoms with Gasteiger partial charge < -0.3 is 92.9 Å². The van der Waals surface area contributed by atoms with Gasteiger partial charge >= 0.3 is 6.03 Å². The van der Waals surface area contributed by atoms with Gasteiger partial charge in [0.15, 0.2) is 11.5 Å². The summed E-state index contributed by atoms with van der Waals surface area (Å²) in [7, 11) is 3.28. The molecule has 5 N–H and O–H groups in total. The number of ether oxygens (including phenoxy) is 14. The average Bonchev–Trinajstić information content (AvgIpc) is 4.12. The average molecular weight is 1310 g/mol. The molecule has 2 aromatic rings. The van der Waals surface area contributed by atoms with Crippen molar-refractivity contribution < 1.29 is 85.5 Å². The van der Waals surface area contributed by atoms with E-state index in [4.69, 9.17) is 66.3 Å². The normalized spacial score (nSPS) is 13.8. The molecule has 0 radical (unpaired) electrons. The molecule has 3 rings (SSSR count). The van der Waals surface area contributed by atoms with Crippen molar-refractivity contribution in [2.24, 2.45) is 0 Å². The Bertz CT molecular complexity index is 1990. The van der Waals surface area contributed by atoms with Gasteiger partial charge in [0, 0.05) is 67.5 Å². The molecule has 1 aliphatic rings. The summed E-state index contributed by atoms with van der Waals surface area (Å²) in [6.07, 6.45) is 9.47. The van der Waals surface area contributed by atoms with Crippen LogP contribution < -0.4 is 36.1 Å². The van der Waals surface area contributed by atoms with Gasteiger partial charge in [-0.3, -0.25) is 14.4 Å². The van der Waals surface area contributed by atoms with E-state index in [1.807, 2.05) is 36.0 Å². The number of urea groups is 1. The highest BCUT2D eigenvalue weighted by Crippen LogP contribution is 2.31. The fourth-order valence-electron chi connectivity index (χ4n) is 8.15. The molecular formula is C61H102BrN5O18S. The molecular weight excluding hydrogens is 1200 g/mol.